The fourth-order valence-electron chi connectivity index (χ4n) is 7.23. The van der Waals surface area contributed by atoms with Gasteiger partial charge in [-0.3, -0.25) is 52.7 Å². The Morgan fingerprint density at radius 1 is 0.592 bits per heavy atom. The number of carboxylic acid groups (broad SMARTS) is 2. The van der Waals surface area contributed by atoms with Crippen LogP contribution in [0.3, 0.4) is 0 Å². The van der Waals surface area contributed by atoms with E-state index in [4.69, 9.17) is 17.2 Å². The summed E-state index contributed by atoms with van der Waals surface area (Å²) >= 11 is 1.31. The smallest absolute Gasteiger partial charge is 0.326 e. The van der Waals surface area contributed by atoms with Gasteiger partial charge in [-0.1, -0.05) is 27.7 Å². The molecule has 0 radical (unpaired) electrons. The van der Waals surface area contributed by atoms with E-state index in [1.807, 2.05) is 0 Å². The Bertz CT molecular complexity index is 1920. The second kappa shape index (κ2) is 30.6. The van der Waals surface area contributed by atoms with Gasteiger partial charge in [0.05, 0.1) is 25.0 Å². The molecule has 1 rings (SSSR count). The van der Waals surface area contributed by atoms with E-state index < -0.39 is 169 Å². The van der Waals surface area contributed by atoms with Gasteiger partial charge in [0, 0.05) is 13.0 Å². The number of aliphatic carboxylic acids is 2. The number of carboxylic acids is 2. The lowest BCUT2D eigenvalue weighted by molar-refractivity contribution is -0.143. The van der Waals surface area contributed by atoms with Gasteiger partial charge in [0.15, 0.2) is 0 Å². The standard InChI is InChI=1S/C43H73N11O16S/c1-19(2)15-25(49-38(64)27(18-32(59)60)51-35(61)23(10-11-30(44)57)47-40(66)29-9-8-13-54(29)42(68)33(46)21(5)55)37(63)50-26(17-31(45)58)39(65)53-34(22(6)56)41(67)48-24(12-14-71-7)36(62)52-28(43(69)70)16-20(3)4/h19-29,33-34,55-56H,8-18,46H2,1-7H3,(H2,44,57)(H2,45,58)(H,47,66)(H,48,67)(H,49,64)(H,50,63)(H,51,61)(H,52,62)(H,53,65)(H,59,60)(H,69,70)/t21-,22-,23+,24+,25+,26+,27+,28+,29+,33+,34+/m1/s1. The Hall–Kier alpha value is -6.13. The summed E-state index contributed by atoms with van der Waals surface area (Å²) in [6.07, 6.45) is -3.74. The van der Waals surface area contributed by atoms with Crippen molar-refractivity contribution in [2.24, 2.45) is 29.0 Å². The largest absolute Gasteiger partial charge is 0.481 e. The molecule has 1 aliphatic rings. The summed E-state index contributed by atoms with van der Waals surface area (Å²) in [4.78, 5) is 157. The van der Waals surface area contributed by atoms with E-state index in [0.717, 1.165) is 11.8 Å². The molecule has 1 aliphatic heterocycles. The molecule has 17 N–H and O–H groups in total. The predicted octanol–water partition coefficient (Wildman–Crippen LogP) is -4.99. The van der Waals surface area contributed by atoms with E-state index in [2.05, 4.69) is 37.2 Å². The highest BCUT2D eigenvalue weighted by molar-refractivity contribution is 7.98. The molecular weight excluding hydrogens is 959 g/mol. The van der Waals surface area contributed by atoms with Crippen LogP contribution in [0.2, 0.25) is 0 Å². The molecule has 0 aromatic rings. The van der Waals surface area contributed by atoms with Gasteiger partial charge in [-0.25, -0.2) is 4.79 Å². The lowest BCUT2D eigenvalue weighted by atomic mass is 10.0. The lowest BCUT2D eigenvalue weighted by Gasteiger charge is -2.29. The highest BCUT2D eigenvalue weighted by Crippen LogP contribution is 2.20. The van der Waals surface area contributed by atoms with E-state index in [1.54, 1.807) is 34.0 Å². The number of thioether (sulfide) groups is 1. The number of primary amides is 2. The van der Waals surface area contributed by atoms with Crippen LogP contribution in [0.25, 0.3) is 0 Å². The summed E-state index contributed by atoms with van der Waals surface area (Å²) < 4.78 is 0. The Morgan fingerprint density at radius 3 is 1.54 bits per heavy atom. The molecule has 0 saturated carbocycles. The number of amides is 10. The van der Waals surface area contributed by atoms with Crippen molar-refractivity contribution in [1.82, 2.24) is 42.1 Å². The number of hydrogen-bond donors (Lipinski definition) is 14. The summed E-state index contributed by atoms with van der Waals surface area (Å²) in [7, 11) is 0. The number of nitrogens with two attached hydrogens (primary N) is 3. The van der Waals surface area contributed by atoms with Crippen LogP contribution in [0.15, 0.2) is 0 Å². The highest BCUT2D eigenvalue weighted by Gasteiger charge is 2.40. The Kier molecular flexibility index (Phi) is 27.1. The monoisotopic (exact) mass is 1030 g/mol. The first kappa shape index (κ1) is 62.9. The molecule has 71 heavy (non-hydrogen) atoms. The minimum absolute atomic E-state index is 0.00458. The average molecular weight is 1030 g/mol. The first-order valence-electron chi connectivity index (χ1n) is 23.1. The summed E-state index contributed by atoms with van der Waals surface area (Å²) in [5, 5.41) is 56.1. The number of hydrogen-bond acceptors (Lipinski definition) is 16. The molecule has 0 aromatic carbocycles. The molecule has 0 bridgehead atoms. The zero-order valence-corrected chi connectivity index (χ0v) is 41.9. The second-order valence-electron chi connectivity index (χ2n) is 18.2. The summed E-state index contributed by atoms with van der Waals surface area (Å²) in [6, 6.07) is -14.1. The van der Waals surface area contributed by atoms with Crippen molar-refractivity contribution in [3.8, 4) is 0 Å². The number of aliphatic hydroxyl groups is 2. The third kappa shape index (κ3) is 22.2. The minimum atomic E-state index is -1.95. The van der Waals surface area contributed by atoms with Crippen molar-refractivity contribution in [2.75, 3.05) is 18.6 Å². The maximum atomic E-state index is 13.9. The van der Waals surface area contributed by atoms with Gasteiger partial charge in [0.2, 0.25) is 59.1 Å². The van der Waals surface area contributed by atoms with E-state index in [-0.39, 0.29) is 38.1 Å². The van der Waals surface area contributed by atoms with Crippen LogP contribution in [0.5, 0.6) is 0 Å². The van der Waals surface area contributed by atoms with Crippen LogP contribution in [0.1, 0.15) is 99.3 Å². The fraction of sp³-hybridized carbons (Fsp3) is 0.721. The summed E-state index contributed by atoms with van der Waals surface area (Å²) in [5.41, 5.74) is 16.5. The molecule has 0 aromatic heterocycles. The van der Waals surface area contributed by atoms with Gasteiger partial charge in [0.1, 0.15) is 54.4 Å². The number of nitrogens with one attached hydrogen (secondary N) is 7. The maximum Gasteiger partial charge on any atom is 0.326 e. The average Bonchev–Trinajstić information content (AvgIpc) is 3.76. The van der Waals surface area contributed by atoms with Gasteiger partial charge < -0.3 is 79.7 Å². The van der Waals surface area contributed by atoms with Crippen molar-refractivity contribution < 1.29 is 78.0 Å². The normalized spacial score (nSPS) is 17.6. The SMILES string of the molecule is CSCC[C@H](NC(=O)[C@@H](NC(=O)[C@H](CC(N)=O)NC(=O)[C@H](CC(C)C)NC(=O)[C@H](CC(=O)O)NC(=O)[C@H](CCC(N)=O)NC(=O)[C@@H]1CCCN1C(=O)[C@@H](N)[C@@H](C)O)[C@@H](C)O)C(=O)N[C@@H](CC(C)C)C(=O)O. The predicted molar refractivity (Wildman–Crippen MR) is 254 cm³/mol. The van der Waals surface area contributed by atoms with E-state index in [1.165, 1.54) is 18.7 Å². The lowest BCUT2D eigenvalue weighted by Crippen LogP contribution is -2.62. The van der Waals surface area contributed by atoms with Crippen LogP contribution in [-0.4, -0.2) is 181 Å². The molecule has 1 fully saturated rings. The van der Waals surface area contributed by atoms with Crippen molar-refractivity contribution in [3.05, 3.63) is 0 Å². The first-order chi connectivity index (χ1) is 33.0. The van der Waals surface area contributed by atoms with Crippen molar-refractivity contribution in [3.63, 3.8) is 0 Å². The Labute approximate surface area is 415 Å². The van der Waals surface area contributed by atoms with E-state index in [0.29, 0.717) is 12.2 Å². The van der Waals surface area contributed by atoms with Gasteiger partial charge in [-0.15, -0.1) is 0 Å². The Morgan fingerprint density at radius 2 is 1.06 bits per heavy atom. The zero-order valence-electron chi connectivity index (χ0n) is 41.1. The minimum Gasteiger partial charge on any atom is -0.481 e. The maximum absolute atomic E-state index is 13.9. The van der Waals surface area contributed by atoms with E-state index >= 15 is 0 Å². The van der Waals surface area contributed by atoms with Crippen LogP contribution in [0.4, 0.5) is 0 Å². The molecule has 11 atom stereocenters. The van der Waals surface area contributed by atoms with E-state index in [9.17, 15) is 78.0 Å². The molecular formula is C43H73N11O16S. The topological polar surface area (TPSA) is 451 Å². The van der Waals surface area contributed by atoms with Crippen LogP contribution in [-0.2, 0) is 57.5 Å². The van der Waals surface area contributed by atoms with Gasteiger partial charge >= 0.3 is 11.9 Å². The number of likely N-dealkylation sites (tertiary alicyclic amines) is 1. The number of carbonyl (C=O) groups is 12. The van der Waals surface area contributed by atoms with Gasteiger partial charge in [0.25, 0.3) is 0 Å². The molecule has 27 nitrogen and oxygen atoms in total. The molecule has 0 spiro atoms. The molecule has 1 saturated heterocycles. The highest BCUT2D eigenvalue weighted by atomic mass is 32.2. The molecule has 10 amide bonds. The third-order valence-corrected chi connectivity index (χ3v) is 11.6. The quantitative estimate of drug-likeness (QED) is 0.0300. The number of carbonyl (C=O) groups excluding carboxylic acids is 10. The number of nitrogens with zero attached hydrogens (tertiary/aromatic N) is 1. The van der Waals surface area contributed by atoms with Crippen molar-refractivity contribution >= 4 is 82.8 Å². The molecule has 28 heteroatoms. The fourth-order valence-corrected chi connectivity index (χ4v) is 7.70. The number of rotatable bonds is 32. The summed E-state index contributed by atoms with van der Waals surface area (Å²) in [5.74, 6) is -13.5. The summed E-state index contributed by atoms with van der Waals surface area (Å²) in [6.45, 7) is 9.24. The zero-order chi connectivity index (χ0) is 54.4. The Balaban J connectivity index is 3.41. The van der Waals surface area contributed by atoms with Crippen molar-refractivity contribution in [2.45, 2.75) is 166 Å². The van der Waals surface area contributed by atoms with Crippen molar-refractivity contribution in [1.29, 1.82) is 0 Å². The number of aliphatic hydroxyl groups excluding tert-OH is 2. The van der Waals surface area contributed by atoms with Crippen LogP contribution >= 0.6 is 11.8 Å². The van der Waals surface area contributed by atoms with Gasteiger partial charge in [-0.05, 0) is 76.2 Å². The first-order valence-corrected chi connectivity index (χ1v) is 24.4. The molecule has 0 unspecified atom stereocenters. The van der Waals surface area contributed by atoms with Crippen LogP contribution < -0.4 is 54.4 Å². The van der Waals surface area contributed by atoms with Crippen LogP contribution in [0, 0.1) is 11.8 Å². The molecule has 1 heterocycles. The second-order valence-corrected chi connectivity index (χ2v) is 19.2. The molecule has 0 aliphatic carbocycles. The molecule has 402 valence electrons. The third-order valence-electron chi connectivity index (χ3n) is 11.0. The van der Waals surface area contributed by atoms with Gasteiger partial charge in [-0.2, -0.15) is 11.8 Å².